The number of carbonyl (C=O) groups is 1. The molecule has 1 unspecified atom stereocenters. The van der Waals surface area contributed by atoms with Gasteiger partial charge in [-0.1, -0.05) is 72.4 Å². The monoisotopic (exact) mass is 394 g/mol. The van der Waals surface area contributed by atoms with E-state index in [0.717, 1.165) is 27.7 Å². The van der Waals surface area contributed by atoms with Crippen molar-refractivity contribution in [1.29, 1.82) is 0 Å². The van der Waals surface area contributed by atoms with Crippen LogP contribution in [-0.4, -0.2) is 38.5 Å². The first-order valence-corrected chi connectivity index (χ1v) is 10.2. The zero-order chi connectivity index (χ0) is 19.6. The van der Waals surface area contributed by atoms with Gasteiger partial charge < -0.3 is 14.8 Å². The summed E-state index contributed by atoms with van der Waals surface area (Å²) in [7, 11) is 0. The number of imidazole rings is 1. The molecule has 1 aliphatic rings. The van der Waals surface area contributed by atoms with E-state index in [4.69, 9.17) is 9.72 Å². The number of cyclic esters (lactones) is 1. The largest absolute Gasteiger partial charge is 0.461 e. The summed E-state index contributed by atoms with van der Waals surface area (Å²) in [6.07, 6.45) is 0.154. The second-order valence-corrected chi connectivity index (χ2v) is 8.31. The van der Waals surface area contributed by atoms with Crippen LogP contribution in [0.15, 0.2) is 65.8 Å². The number of carbonyl (C=O) groups excluding carboxylic acids is 1. The number of aromatic amines is 1. The molecule has 3 aromatic rings. The summed E-state index contributed by atoms with van der Waals surface area (Å²) in [5, 5.41) is 11.0. The fraction of sp³-hybridized carbons (Fsp3) is 0.273. The number of nitrogens with zero attached hydrogens (tertiary/aromatic N) is 1. The number of H-pyrrole nitrogens is 1. The fourth-order valence-electron chi connectivity index (χ4n) is 3.45. The molecule has 144 valence electrons. The highest BCUT2D eigenvalue weighted by Gasteiger charge is 2.36. The lowest BCUT2D eigenvalue weighted by atomic mass is 9.93. The van der Waals surface area contributed by atoms with Crippen LogP contribution in [0.25, 0.3) is 22.5 Å². The quantitative estimate of drug-likeness (QED) is 0.499. The van der Waals surface area contributed by atoms with Crippen LogP contribution in [0.3, 0.4) is 0 Å². The van der Waals surface area contributed by atoms with Crippen LogP contribution in [-0.2, 0) is 9.53 Å². The van der Waals surface area contributed by atoms with Gasteiger partial charge >= 0.3 is 5.97 Å². The first-order chi connectivity index (χ1) is 13.5. The number of nitrogens with one attached hydrogen (secondary N) is 1. The smallest absolute Gasteiger partial charge is 0.309 e. The number of hydrogen-bond acceptors (Lipinski definition) is 5. The van der Waals surface area contributed by atoms with Crippen molar-refractivity contribution in [3.63, 3.8) is 0 Å². The molecule has 1 aromatic heterocycles. The Morgan fingerprint density at radius 2 is 1.79 bits per heavy atom. The molecule has 1 aliphatic heterocycles. The van der Waals surface area contributed by atoms with Crippen molar-refractivity contribution >= 4 is 17.7 Å². The number of aliphatic hydroxyl groups is 1. The van der Waals surface area contributed by atoms with Gasteiger partial charge in [0, 0.05) is 23.3 Å². The molecule has 0 aliphatic carbocycles. The standard InChI is InChI=1S/C22H22N2O3S/c1-22(26)12-17(27-18(25)13-22)14-28-21-23-19(15-8-4-2-5-9-15)20(24-21)16-10-6-3-7-11-16/h2-11,17,26H,12-14H2,1H3,(H,23,24)/t17?,22-/m0/s1. The van der Waals surface area contributed by atoms with Crippen LogP contribution in [0.4, 0.5) is 0 Å². The van der Waals surface area contributed by atoms with Crippen molar-refractivity contribution in [3.05, 3.63) is 60.7 Å². The van der Waals surface area contributed by atoms with E-state index >= 15 is 0 Å². The molecule has 6 heteroatoms. The third-order valence-corrected chi connectivity index (χ3v) is 5.69. The molecule has 0 spiro atoms. The van der Waals surface area contributed by atoms with Crippen LogP contribution in [0.5, 0.6) is 0 Å². The Morgan fingerprint density at radius 3 is 2.43 bits per heavy atom. The van der Waals surface area contributed by atoms with Gasteiger partial charge in [-0.15, -0.1) is 0 Å². The van der Waals surface area contributed by atoms with Crippen LogP contribution in [0.1, 0.15) is 19.8 Å². The maximum absolute atomic E-state index is 11.7. The highest BCUT2D eigenvalue weighted by Crippen LogP contribution is 2.34. The van der Waals surface area contributed by atoms with Gasteiger partial charge in [0.15, 0.2) is 5.16 Å². The van der Waals surface area contributed by atoms with Gasteiger partial charge in [0.2, 0.25) is 0 Å². The first-order valence-electron chi connectivity index (χ1n) is 9.26. The molecule has 1 saturated heterocycles. The molecule has 0 saturated carbocycles. The van der Waals surface area contributed by atoms with E-state index in [1.54, 1.807) is 6.92 Å². The molecule has 5 nitrogen and oxygen atoms in total. The summed E-state index contributed by atoms with van der Waals surface area (Å²) in [5.74, 6) is 0.189. The van der Waals surface area contributed by atoms with Crippen LogP contribution < -0.4 is 0 Å². The molecule has 28 heavy (non-hydrogen) atoms. The lowest BCUT2D eigenvalue weighted by Crippen LogP contribution is -2.41. The number of rotatable bonds is 5. The van der Waals surface area contributed by atoms with Gasteiger partial charge in [-0.05, 0) is 6.92 Å². The number of thioether (sulfide) groups is 1. The van der Waals surface area contributed by atoms with Gasteiger partial charge in [-0.3, -0.25) is 4.79 Å². The van der Waals surface area contributed by atoms with Crippen molar-refractivity contribution in [3.8, 4) is 22.5 Å². The number of hydrogen-bond donors (Lipinski definition) is 2. The number of esters is 1. The number of aromatic nitrogens is 2. The summed E-state index contributed by atoms with van der Waals surface area (Å²) in [6, 6.07) is 20.1. The van der Waals surface area contributed by atoms with Crippen molar-refractivity contribution < 1.29 is 14.6 Å². The number of benzene rings is 2. The van der Waals surface area contributed by atoms with Gasteiger partial charge in [0.05, 0.1) is 23.4 Å². The van der Waals surface area contributed by atoms with Crippen LogP contribution in [0, 0.1) is 0 Å². The summed E-state index contributed by atoms with van der Waals surface area (Å²) in [5.41, 5.74) is 2.95. The summed E-state index contributed by atoms with van der Waals surface area (Å²) >= 11 is 1.50. The summed E-state index contributed by atoms with van der Waals surface area (Å²) < 4.78 is 5.39. The van der Waals surface area contributed by atoms with Crippen molar-refractivity contribution in [2.75, 3.05) is 5.75 Å². The highest BCUT2D eigenvalue weighted by atomic mass is 32.2. The van der Waals surface area contributed by atoms with Crippen LogP contribution >= 0.6 is 11.8 Å². The second-order valence-electron chi connectivity index (χ2n) is 7.30. The minimum absolute atomic E-state index is 0.0469. The Kier molecular flexibility index (Phi) is 5.24. The summed E-state index contributed by atoms with van der Waals surface area (Å²) in [4.78, 5) is 19.9. The van der Waals surface area contributed by atoms with Crippen LogP contribution in [0.2, 0.25) is 0 Å². The molecular formula is C22H22N2O3S. The zero-order valence-corrected chi connectivity index (χ0v) is 16.4. The molecule has 1 fully saturated rings. The lowest BCUT2D eigenvalue weighted by molar-refractivity contribution is -0.165. The Balaban J connectivity index is 1.58. The normalized spacial score (nSPS) is 22.1. The van der Waals surface area contributed by atoms with E-state index in [2.05, 4.69) is 17.1 Å². The van der Waals surface area contributed by atoms with E-state index in [1.807, 2.05) is 48.5 Å². The Hall–Kier alpha value is -2.57. The summed E-state index contributed by atoms with van der Waals surface area (Å²) in [6.45, 7) is 1.68. The van der Waals surface area contributed by atoms with E-state index in [9.17, 15) is 9.90 Å². The molecule has 0 amide bonds. The molecular weight excluding hydrogens is 372 g/mol. The van der Waals surface area contributed by atoms with Gasteiger partial charge in [-0.2, -0.15) is 0 Å². The van der Waals surface area contributed by atoms with E-state index in [0.29, 0.717) is 12.2 Å². The Morgan fingerprint density at radius 1 is 1.14 bits per heavy atom. The maximum Gasteiger partial charge on any atom is 0.309 e. The average molecular weight is 394 g/mol. The minimum Gasteiger partial charge on any atom is -0.461 e. The van der Waals surface area contributed by atoms with Gasteiger partial charge in [0.25, 0.3) is 0 Å². The topological polar surface area (TPSA) is 75.2 Å². The van der Waals surface area contributed by atoms with Crippen molar-refractivity contribution in [2.45, 2.75) is 36.6 Å². The number of ether oxygens (including phenoxy) is 1. The highest BCUT2D eigenvalue weighted by molar-refractivity contribution is 7.99. The first kappa shape index (κ1) is 18.8. The third-order valence-electron chi connectivity index (χ3n) is 4.69. The predicted octanol–water partition coefficient (Wildman–Crippen LogP) is 4.29. The lowest BCUT2D eigenvalue weighted by Gasteiger charge is -2.32. The SMILES string of the molecule is C[C@@]1(O)CC(=O)OC(CSc2nc(-c3ccccc3)c(-c3ccccc3)[nH]2)C1. The average Bonchev–Trinajstić information content (AvgIpc) is 3.11. The third kappa shape index (κ3) is 4.29. The molecule has 2 atom stereocenters. The van der Waals surface area contributed by atoms with E-state index in [1.165, 1.54) is 11.8 Å². The molecule has 0 bridgehead atoms. The molecule has 0 radical (unpaired) electrons. The minimum atomic E-state index is -1.01. The van der Waals surface area contributed by atoms with E-state index < -0.39 is 5.60 Å². The maximum atomic E-state index is 11.7. The molecule has 4 rings (SSSR count). The molecule has 2 heterocycles. The van der Waals surface area contributed by atoms with Crippen molar-refractivity contribution in [2.24, 2.45) is 0 Å². The van der Waals surface area contributed by atoms with Crippen molar-refractivity contribution in [1.82, 2.24) is 9.97 Å². The second kappa shape index (κ2) is 7.81. The molecule has 2 N–H and O–H groups in total. The fourth-order valence-corrected chi connectivity index (χ4v) is 4.31. The Bertz CT molecular complexity index is 897. The predicted molar refractivity (Wildman–Crippen MR) is 110 cm³/mol. The molecule has 2 aromatic carbocycles. The van der Waals surface area contributed by atoms with E-state index in [-0.39, 0.29) is 18.5 Å². The Labute approximate surface area is 168 Å². The van der Waals surface area contributed by atoms with Gasteiger partial charge in [-0.25, -0.2) is 4.98 Å². The zero-order valence-electron chi connectivity index (χ0n) is 15.6. The van der Waals surface area contributed by atoms with Gasteiger partial charge in [0.1, 0.15) is 6.10 Å².